The molecule has 0 saturated heterocycles. The average Bonchev–Trinajstić information content (AvgIpc) is 2.20. The van der Waals surface area contributed by atoms with Crippen LogP contribution in [0.1, 0.15) is 20.3 Å². The molecular weight excluding hydrogens is 282 g/mol. The third-order valence-corrected chi connectivity index (χ3v) is 3.94. The molecule has 0 bridgehead atoms. The zero-order chi connectivity index (χ0) is 10.6. The fourth-order valence-electron chi connectivity index (χ4n) is 1.49. The molecule has 0 aromatic heterocycles. The summed E-state index contributed by atoms with van der Waals surface area (Å²) < 4.78 is 0.457. The van der Waals surface area contributed by atoms with Gasteiger partial charge >= 0.3 is 0 Å². The van der Waals surface area contributed by atoms with Crippen LogP contribution in [0.5, 0.6) is 0 Å². The van der Waals surface area contributed by atoms with E-state index in [9.17, 15) is 0 Å². The lowest BCUT2D eigenvalue weighted by atomic mass is 9.60. The highest BCUT2D eigenvalue weighted by Crippen LogP contribution is 2.24. The highest BCUT2D eigenvalue weighted by Gasteiger charge is 2.18. The molecule has 74 valence electrons. The van der Waals surface area contributed by atoms with Gasteiger partial charge in [0.25, 0.3) is 4.57 Å². The molecule has 0 N–H and O–H groups in total. The first-order valence-electron chi connectivity index (χ1n) is 5.00. The minimum atomic E-state index is 0.457. The summed E-state index contributed by atoms with van der Waals surface area (Å²) in [5.41, 5.74) is 2.72. The van der Waals surface area contributed by atoms with Crippen molar-refractivity contribution < 1.29 is 0 Å². The second kappa shape index (κ2) is 5.59. The number of hydrogen-bond acceptors (Lipinski definition) is 0. The lowest BCUT2D eigenvalue weighted by Gasteiger charge is -2.15. The zero-order valence-electron chi connectivity index (χ0n) is 8.83. The maximum atomic E-state index is 3.84. The minimum absolute atomic E-state index is 0.457. The van der Waals surface area contributed by atoms with E-state index in [1.807, 2.05) is 6.08 Å². The van der Waals surface area contributed by atoms with Gasteiger partial charge in [0.1, 0.15) is 0 Å². The van der Waals surface area contributed by atoms with E-state index in [0.29, 0.717) is 10.5 Å². The third kappa shape index (κ3) is 2.87. The van der Waals surface area contributed by atoms with Gasteiger partial charge in [-0.3, -0.25) is 0 Å². The van der Waals surface area contributed by atoms with Crippen molar-refractivity contribution in [2.24, 2.45) is 5.92 Å². The predicted octanol–water partition coefficient (Wildman–Crippen LogP) is 4.15. The van der Waals surface area contributed by atoms with Crippen molar-refractivity contribution in [3.05, 3.63) is 47.9 Å². The molecule has 0 aromatic carbocycles. The Balaban J connectivity index is 2.76. The zero-order valence-corrected chi connectivity index (χ0v) is 11.0. The van der Waals surface area contributed by atoms with Crippen LogP contribution in [0, 0.1) is 5.92 Å². The fourth-order valence-corrected chi connectivity index (χ4v) is 2.57. The summed E-state index contributed by atoms with van der Waals surface area (Å²) in [6.07, 6.45) is 12.1. The summed E-state index contributed by atoms with van der Waals surface area (Å²) in [7, 11) is 0. The normalized spacial score (nSPS) is 21.8. The van der Waals surface area contributed by atoms with E-state index >= 15 is 0 Å². The Morgan fingerprint density at radius 2 is 2.43 bits per heavy atom. The Kier molecular flexibility index (Phi) is 4.72. The summed E-state index contributed by atoms with van der Waals surface area (Å²) in [6, 6.07) is 0. The van der Waals surface area contributed by atoms with Gasteiger partial charge in [0.15, 0.2) is 0 Å². The molecule has 0 spiro atoms. The van der Waals surface area contributed by atoms with Crippen molar-refractivity contribution >= 4 is 26.9 Å². The smallest absolute Gasteiger partial charge is 0.136 e. The van der Waals surface area contributed by atoms with Gasteiger partial charge in [0.2, 0.25) is 0 Å². The molecule has 0 heterocycles. The topological polar surface area (TPSA) is 0 Å². The molecule has 1 rings (SSSR count). The second-order valence-corrected chi connectivity index (χ2v) is 4.88. The number of halogens is 1. The van der Waals surface area contributed by atoms with Crippen molar-refractivity contribution in [2.75, 3.05) is 0 Å². The van der Waals surface area contributed by atoms with Crippen molar-refractivity contribution in [1.82, 2.24) is 0 Å². The molecule has 1 aliphatic carbocycles. The van der Waals surface area contributed by atoms with Gasteiger partial charge in [0.05, 0.1) is 0 Å². The van der Waals surface area contributed by atoms with Crippen LogP contribution in [0.15, 0.2) is 47.9 Å². The molecule has 0 saturated carbocycles. The summed E-state index contributed by atoms with van der Waals surface area (Å²) in [6.45, 7) is 8.15. The van der Waals surface area contributed by atoms with E-state index in [1.54, 1.807) is 0 Å². The van der Waals surface area contributed by atoms with Crippen LogP contribution < -0.4 is 0 Å². The van der Waals surface area contributed by atoms with E-state index in [2.05, 4.69) is 67.1 Å². The maximum Gasteiger partial charge on any atom is 0.281 e. The van der Waals surface area contributed by atoms with Crippen molar-refractivity contribution in [3.63, 3.8) is 0 Å². The number of hydrogen-bond donors (Lipinski definition) is 0. The fraction of sp³-hybridized carbons (Fsp3) is 0.333. The molecule has 0 amide bonds. The first-order chi connectivity index (χ1) is 6.69. The Hall–Kier alpha value is -0.245. The third-order valence-electron chi connectivity index (χ3n) is 2.50. The van der Waals surface area contributed by atoms with Crippen molar-refractivity contribution in [1.29, 1.82) is 0 Å². The van der Waals surface area contributed by atoms with Gasteiger partial charge < -0.3 is 0 Å². The Bertz CT molecular complexity index is 299. The Morgan fingerprint density at radius 1 is 1.71 bits per heavy atom. The molecule has 0 aromatic rings. The monoisotopic (exact) mass is 298 g/mol. The van der Waals surface area contributed by atoms with Crippen LogP contribution in [-0.4, -0.2) is 4.57 Å². The quantitative estimate of drug-likeness (QED) is 0.417. The average molecular weight is 298 g/mol. The standard InChI is InChI=1S/C12H16BI/c1-4-11(5-2)13(14)12-8-6-10(3)7-9-12/h4-6,8-10H,1,7H2,2-3H3/b11-5+. The van der Waals surface area contributed by atoms with Crippen LogP contribution in [-0.2, 0) is 0 Å². The first kappa shape index (κ1) is 11.8. The molecule has 1 atom stereocenters. The molecule has 1 unspecified atom stereocenters. The van der Waals surface area contributed by atoms with Gasteiger partial charge in [0, 0.05) is 0 Å². The molecule has 0 nitrogen and oxygen atoms in total. The summed E-state index contributed by atoms with van der Waals surface area (Å²) in [5.74, 6) is 0.695. The minimum Gasteiger partial charge on any atom is -0.136 e. The molecule has 0 fully saturated rings. The number of allylic oxidation sites excluding steroid dienone is 7. The van der Waals surface area contributed by atoms with E-state index in [0.717, 1.165) is 0 Å². The molecule has 14 heavy (non-hydrogen) atoms. The van der Waals surface area contributed by atoms with Gasteiger partial charge in [-0.2, -0.15) is 0 Å². The van der Waals surface area contributed by atoms with Gasteiger partial charge in [-0.1, -0.05) is 54.8 Å². The molecule has 0 aliphatic heterocycles. The van der Waals surface area contributed by atoms with E-state index in [1.165, 1.54) is 17.4 Å². The van der Waals surface area contributed by atoms with Crippen molar-refractivity contribution in [3.8, 4) is 0 Å². The van der Waals surface area contributed by atoms with Crippen LogP contribution in [0.4, 0.5) is 0 Å². The van der Waals surface area contributed by atoms with Crippen LogP contribution >= 0.6 is 22.4 Å². The van der Waals surface area contributed by atoms with Crippen molar-refractivity contribution in [2.45, 2.75) is 20.3 Å². The predicted molar refractivity (Wildman–Crippen MR) is 74.7 cm³/mol. The molecule has 2 heteroatoms. The summed E-state index contributed by atoms with van der Waals surface area (Å²) in [4.78, 5) is 0. The molecule has 0 radical (unpaired) electrons. The van der Waals surface area contributed by atoms with Gasteiger partial charge in [-0.15, -0.1) is 22.4 Å². The highest BCUT2D eigenvalue weighted by atomic mass is 127. The molecule has 1 aliphatic rings. The van der Waals surface area contributed by atoms with Gasteiger partial charge in [-0.05, 0) is 19.3 Å². The lowest BCUT2D eigenvalue weighted by molar-refractivity contribution is 0.735. The van der Waals surface area contributed by atoms with Crippen LogP contribution in [0.3, 0.4) is 0 Å². The van der Waals surface area contributed by atoms with E-state index in [-0.39, 0.29) is 0 Å². The highest BCUT2D eigenvalue weighted by molar-refractivity contribution is 14.1. The lowest BCUT2D eigenvalue weighted by Crippen LogP contribution is -2.12. The SMILES string of the molecule is C=C/C(=C\C)B(I)C1=CCC(C)C=C1. The summed E-state index contributed by atoms with van der Waals surface area (Å²) in [5, 5.41) is 0. The number of rotatable bonds is 3. The maximum absolute atomic E-state index is 3.84. The van der Waals surface area contributed by atoms with Gasteiger partial charge in [-0.25, -0.2) is 0 Å². The van der Waals surface area contributed by atoms with Crippen LogP contribution in [0.2, 0.25) is 0 Å². The molecular formula is C12H16BI. The largest absolute Gasteiger partial charge is 0.281 e. The first-order valence-corrected chi connectivity index (χ1v) is 6.24. The Morgan fingerprint density at radius 3 is 2.86 bits per heavy atom. The van der Waals surface area contributed by atoms with E-state index in [4.69, 9.17) is 0 Å². The van der Waals surface area contributed by atoms with Crippen LogP contribution in [0.25, 0.3) is 0 Å². The second-order valence-electron chi connectivity index (χ2n) is 3.63. The van der Waals surface area contributed by atoms with E-state index < -0.39 is 0 Å². The Labute approximate surface area is 101 Å². The summed E-state index contributed by atoms with van der Waals surface area (Å²) >= 11 is 2.47.